The molecule has 0 aliphatic heterocycles. The van der Waals surface area contributed by atoms with E-state index in [-0.39, 0.29) is 5.91 Å². The largest absolute Gasteiger partial charge is 0.372 e. The van der Waals surface area contributed by atoms with Crippen molar-refractivity contribution in [3.05, 3.63) is 42.1 Å². The molecule has 0 spiro atoms. The van der Waals surface area contributed by atoms with Crippen LogP contribution in [0.15, 0.2) is 36.4 Å². The first-order valence-corrected chi connectivity index (χ1v) is 9.42. The average molecular weight is 371 g/mol. The molecule has 1 heterocycles. The van der Waals surface area contributed by atoms with Gasteiger partial charge in [-0.3, -0.25) is 4.79 Å². The van der Waals surface area contributed by atoms with Gasteiger partial charge in [-0.25, -0.2) is 0 Å². The minimum Gasteiger partial charge on any atom is -0.372 e. The first-order chi connectivity index (χ1) is 13.0. The summed E-state index contributed by atoms with van der Waals surface area (Å²) in [5.41, 5.74) is 2.17. The second-order valence-corrected chi connectivity index (χ2v) is 6.56. The molecule has 27 heavy (non-hydrogen) atoms. The monoisotopic (exact) mass is 370 g/mol. The number of rotatable bonds is 10. The van der Waals surface area contributed by atoms with Crippen molar-refractivity contribution in [2.45, 2.75) is 20.3 Å². The van der Waals surface area contributed by atoms with E-state index in [1.165, 1.54) is 0 Å². The number of anilines is 3. The molecule has 146 valence electrons. The molecule has 0 atom stereocenters. The van der Waals surface area contributed by atoms with Crippen LogP contribution in [0.25, 0.3) is 0 Å². The number of benzene rings is 1. The predicted octanol–water partition coefficient (Wildman–Crippen LogP) is 2.94. The smallest absolute Gasteiger partial charge is 0.276 e. The molecular weight excluding hydrogens is 340 g/mol. The first-order valence-electron chi connectivity index (χ1n) is 9.42. The summed E-state index contributed by atoms with van der Waals surface area (Å²) >= 11 is 0. The fraction of sp³-hybridized carbons (Fsp3) is 0.450. The van der Waals surface area contributed by atoms with Crippen LogP contribution in [0.5, 0.6) is 0 Å². The van der Waals surface area contributed by atoms with Gasteiger partial charge in [-0.2, -0.15) is 0 Å². The first kappa shape index (κ1) is 20.6. The molecule has 0 saturated heterocycles. The number of carbonyl (C=O) groups is 1. The highest BCUT2D eigenvalue weighted by molar-refractivity contribution is 6.02. The van der Waals surface area contributed by atoms with E-state index in [4.69, 9.17) is 0 Å². The zero-order chi connectivity index (χ0) is 19.6. The van der Waals surface area contributed by atoms with E-state index in [1.54, 1.807) is 12.1 Å². The van der Waals surface area contributed by atoms with Gasteiger partial charge in [0.2, 0.25) is 0 Å². The second-order valence-electron chi connectivity index (χ2n) is 6.56. The Morgan fingerprint density at radius 2 is 1.70 bits per heavy atom. The molecule has 1 aromatic heterocycles. The predicted molar refractivity (Wildman–Crippen MR) is 112 cm³/mol. The van der Waals surface area contributed by atoms with Gasteiger partial charge < -0.3 is 20.4 Å². The second kappa shape index (κ2) is 10.5. The molecule has 2 N–H and O–H groups in total. The Kier molecular flexibility index (Phi) is 8.00. The molecule has 7 nitrogen and oxygen atoms in total. The van der Waals surface area contributed by atoms with Crippen molar-refractivity contribution in [1.82, 2.24) is 15.1 Å². The maximum atomic E-state index is 12.3. The molecule has 0 aliphatic carbocycles. The minimum atomic E-state index is -0.266. The summed E-state index contributed by atoms with van der Waals surface area (Å²) in [4.78, 5) is 16.7. The topological polar surface area (TPSA) is 73.4 Å². The van der Waals surface area contributed by atoms with Crippen LogP contribution in [-0.4, -0.2) is 61.3 Å². The van der Waals surface area contributed by atoms with Crippen LogP contribution in [0.2, 0.25) is 0 Å². The molecule has 1 aromatic carbocycles. The number of nitrogens with one attached hydrogen (secondary N) is 2. The molecule has 1 amide bonds. The number of amides is 1. The third-order valence-electron chi connectivity index (χ3n) is 4.24. The maximum absolute atomic E-state index is 12.3. The summed E-state index contributed by atoms with van der Waals surface area (Å²) < 4.78 is 0. The van der Waals surface area contributed by atoms with Crippen LogP contribution in [0.1, 0.15) is 30.8 Å². The van der Waals surface area contributed by atoms with E-state index in [9.17, 15) is 4.79 Å². The van der Waals surface area contributed by atoms with Gasteiger partial charge in [0.1, 0.15) is 5.82 Å². The lowest BCUT2D eigenvalue weighted by Crippen LogP contribution is -2.21. The van der Waals surface area contributed by atoms with Crippen molar-refractivity contribution >= 4 is 23.1 Å². The van der Waals surface area contributed by atoms with Crippen LogP contribution in [0.4, 0.5) is 17.2 Å². The number of hydrogen-bond donors (Lipinski definition) is 2. The van der Waals surface area contributed by atoms with Crippen molar-refractivity contribution in [2.75, 3.05) is 55.8 Å². The molecule has 0 fully saturated rings. The van der Waals surface area contributed by atoms with E-state index < -0.39 is 0 Å². The van der Waals surface area contributed by atoms with E-state index in [1.807, 2.05) is 38.4 Å². The zero-order valence-electron chi connectivity index (χ0n) is 16.7. The minimum absolute atomic E-state index is 0.266. The quantitative estimate of drug-likeness (QED) is 0.627. The molecule has 0 saturated carbocycles. The van der Waals surface area contributed by atoms with Crippen molar-refractivity contribution in [1.29, 1.82) is 0 Å². The number of aromatic nitrogens is 2. The standard InChI is InChI=1S/C20H30N6O/c1-5-26(6-2)17-10-8-16(9-11-17)22-20(27)18-12-13-19(24-23-18)21-14-7-15-25(3)4/h8-13H,5-7,14-15H2,1-4H3,(H,21,24)(H,22,27). The van der Waals surface area contributed by atoms with Gasteiger partial charge >= 0.3 is 0 Å². The molecule has 0 aliphatic rings. The highest BCUT2D eigenvalue weighted by Crippen LogP contribution is 2.18. The maximum Gasteiger partial charge on any atom is 0.276 e. The third-order valence-corrected chi connectivity index (χ3v) is 4.24. The van der Waals surface area contributed by atoms with Crippen molar-refractivity contribution in [3.63, 3.8) is 0 Å². The molecule has 0 bridgehead atoms. The normalized spacial score (nSPS) is 10.7. The summed E-state index contributed by atoms with van der Waals surface area (Å²) in [6, 6.07) is 11.3. The van der Waals surface area contributed by atoms with Crippen LogP contribution >= 0.6 is 0 Å². The Bertz CT molecular complexity index is 695. The van der Waals surface area contributed by atoms with E-state index >= 15 is 0 Å². The lowest BCUT2D eigenvalue weighted by Gasteiger charge is -2.21. The molecule has 2 aromatic rings. The molecule has 0 radical (unpaired) electrons. The van der Waals surface area contributed by atoms with Gasteiger partial charge in [-0.05, 0) is 77.3 Å². The molecule has 0 unspecified atom stereocenters. The number of hydrogen-bond acceptors (Lipinski definition) is 6. The molecule has 2 rings (SSSR count). The number of carbonyl (C=O) groups excluding carboxylic acids is 1. The number of nitrogens with zero attached hydrogens (tertiary/aromatic N) is 4. The van der Waals surface area contributed by atoms with Crippen LogP contribution in [0.3, 0.4) is 0 Å². The van der Waals surface area contributed by atoms with E-state index in [2.05, 4.69) is 44.5 Å². The Hall–Kier alpha value is -2.67. The van der Waals surface area contributed by atoms with Gasteiger partial charge in [0.05, 0.1) is 0 Å². The summed E-state index contributed by atoms with van der Waals surface area (Å²) in [5, 5.41) is 14.2. The van der Waals surface area contributed by atoms with Crippen LogP contribution < -0.4 is 15.5 Å². The van der Waals surface area contributed by atoms with Crippen LogP contribution in [0, 0.1) is 0 Å². The van der Waals surface area contributed by atoms with Crippen molar-refractivity contribution in [3.8, 4) is 0 Å². The fourth-order valence-corrected chi connectivity index (χ4v) is 2.70. The van der Waals surface area contributed by atoms with Crippen LogP contribution in [-0.2, 0) is 0 Å². The van der Waals surface area contributed by atoms with E-state index in [0.717, 1.165) is 44.0 Å². The molecule has 7 heteroatoms. The highest BCUT2D eigenvalue weighted by atomic mass is 16.1. The fourth-order valence-electron chi connectivity index (χ4n) is 2.70. The zero-order valence-corrected chi connectivity index (χ0v) is 16.7. The van der Waals surface area contributed by atoms with Gasteiger partial charge in [-0.15, -0.1) is 10.2 Å². The Labute approximate surface area is 161 Å². The average Bonchev–Trinajstić information content (AvgIpc) is 2.68. The summed E-state index contributed by atoms with van der Waals surface area (Å²) in [6.45, 7) is 7.98. The van der Waals surface area contributed by atoms with Gasteiger partial charge in [0.15, 0.2) is 5.69 Å². The highest BCUT2D eigenvalue weighted by Gasteiger charge is 2.09. The summed E-state index contributed by atoms with van der Waals surface area (Å²) in [6.07, 6.45) is 1.01. The lowest BCUT2D eigenvalue weighted by molar-refractivity contribution is 0.102. The van der Waals surface area contributed by atoms with E-state index in [0.29, 0.717) is 11.5 Å². The summed E-state index contributed by atoms with van der Waals surface area (Å²) in [5.74, 6) is 0.408. The Morgan fingerprint density at radius 3 is 2.26 bits per heavy atom. The lowest BCUT2D eigenvalue weighted by atomic mass is 10.2. The van der Waals surface area contributed by atoms with Gasteiger partial charge in [0, 0.05) is 31.0 Å². The van der Waals surface area contributed by atoms with Gasteiger partial charge in [-0.1, -0.05) is 0 Å². The Morgan fingerprint density at radius 1 is 1.00 bits per heavy atom. The van der Waals surface area contributed by atoms with Gasteiger partial charge in [0.25, 0.3) is 5.91 Å². The Balaban J connectivity index is 1.88. The molecular formula is C20H30N6O. The van der Waals surface area contributed by atoms with Crippen molar-refractivity contribution < 1.29 is 4.79 Å². The summed E-state index contributed by atoms with van der Waals surface area (Å²) in [7, 11) is 4.09. The SMILES string of the molecule is CCN(CC)c1ccc(NC(=O)c2ccc(NCCCN(C)C)nn2)cc1. The van der Waals surface area contributed by atoms with Crippen molar-refractivity contribution in [2.24, 2.45) is 0 Å². The third kappa shape index (κ3) is 6.53.